The first kappa shape index (κ1) is 31.6. The topological polar surface area (TPSA) is 74.5 Å². The van der Waals surface area contributed by atoms with Crippen LogP contribution in [0.5, 0.6) is 5.75 Å². The highest BCUT2D eigenvalue weighted by Gasteiger charge is 2.41. The van der Waals surface area contributed by atoms with E-state index in [0.717, 1.165) is 58.5 Å². The van der Waals surface area contributed by atoms with Crippen LogP contribution < -0.4 is 4.74 Å². The SMILES string of the molecule is CC.CC.COC(=O)c1ccc(C2CC2c2ccc(OCc3c(-c4c(C)cccc4Cl)noc3C3CC3)cc2Cl)cn1. The lowest BCUT2D eigenvalue weighted by Crippen LogP contribution is -2.04. The van der Waals surface area contributed by atoms with E-state index in [1.165, 1.54) is 7.11 Å². The number of aryl methyl sites for hydroxylation is 1. The number of esters is 1. The van der Waals surface area contributed by atoms with Gasteiger partial charge in [0.05, 0.1) is 17.7 Å². The Morgan fingerprint density at radius 2 is 1.76 bits per heavy atom. The largest absolute Gasteiger partial charge is 0.489 e. The number of aromatic nitrogens is 2. The van der Waals surface area contributed by atoms with E-state index in [9.17, 15) is 4.79 Å². The first-order chi connectivity index (χ1) is 20.4. The molecule has 2 unspecified atom stereocenters. The molecule has 0 N–H and O–H groups in total. The van der Waals surface area contributed by atoms with Crippen molar-refractivity contribution in [1.82, 2.24) is 10.1 Å². The summed E-state index contributed by atoms with van der Waals surface area (Å²) in [5.41, 5.74) is 6.07. The average Bonchev–Trinajstić information content (AvgIpc) is 3.96. The summed E-state index contributed by atoms with van der Waals surface area (Å²) in [7, 11) is 1.35. The molecule has 2 atom stereocenters. The molecule has 4 aromatic rings. The lowest BCUT2D eigenvalue weighted by molar-refractivity contribution is 0.0594. The van der Waals surface area contributed by atoms with Crippen LogP contribution in [-0.4, -0.2) is 23.2 Å². The molecule has 2 aliphatic carbocycles. The van der Waals surface area contributed by atoms with Gasteiger partial charge in [0.25, 0.3) is 0 Å². The highest BCUT2D eigenvalue weighted by atomic mass is 35.5. The molecular weight excluding hydrogens is 571 g/mol. The number of methoxy groups -OCH3 is 1. The number of pyridine rings is 1. The maximum Gasteiger partial charge on any atom is 0.356 e. The molecule has 0 spiro atoms. The Kier molecular flexibility index (Phi) is 10.7. The Morgan fingerprint density at radius 1 is 1.00 bits per heavy atom. The number of hydrogen-bond acceptors (Lipinski definition) is 6. The summed E-state index contributed by atoms with van der Waals surface area (Å²) in [6.07, 6.45) is 4.91. The van der Waals surface area contributed by atoms with E-state index >= 15 is 0 Å². The van der Waals surface area contributed by atoms with Crippen molar-refractivity contribution >= 4 is 29.2 Å². The molecule has 6 nitrogen and oxygen atoms in total. The number of rotatable bonds is 8. The lowest BCUT2D eigenvalue weighted by atomic mass is 10.0. The summed E-state index contributed by atoms with van der Waals surface area (Å²) in [6, 6.07) is 15.3. The second-order valence-electron chi connectivity index (χ2n) is 9.97. The smallest absolute Gasteiger partial charge is 0.356 e. The van der Waals surface area contributed by atoms with Gasteiger partial charge in [-0.25, -0.2) is 9.78 Å². The summed E-state index contributed by atoms with van der Waals surface area (Å²) >= 11 is 13.3. The van der Waals surface area contributed by atoms with E-state index in [2.05, 4.69) is 10.1 Å². The summed E-state index contributed by atoms with van der Waals surface area (Å²) in [6.45, 7) is 10.3. The maximum absolute atomic E-state index is 11.6. The first-order valence-electron chi connectivity index (χ1n) is 14.6. The number of benzene rings is 2. The summed E-state index contributed by atoms with van der Waals surface area (Å²) in [5.74, 6) is 2.13. The first-order valence-corrected chi connectivity index (χ1v) is 15.4. The molecule has 0 radical (unpaired) electrons. The predicted molar refractivity (Wildman–Crippen MR) is 168 cm³/mol. The fourth-order valence-corrected chi connectivity index (χ4v) is 5.69. The van der Waals surface area contributed by atoms with Crippen LogP contribution in [0.1, 0.15) is 103 Å². The van der Waals surface area contributed by atoms with Crippen molar-refractivity contribution in [2.45, 2.75) is 78.2 Å². The molecule has 2 aliphatic rings. The quantitative estimate of drug-likeness (QED) is 0.185. The third kappa shape index (κ3) is 6.82. The van der Waals surface area contributed by atoms with E-state index in [1.54, 1.807) is 12.3 Å². The van der Waals surface area contributed by atoms with Gasteiger partial charge >= 0.3 is 5.97 Å². The van der Waals surface area contributed by atoms with Crippen molar-refractivity contribution in [3.8, 4) is 17.0 Å². The zero-order chi connectivity index (χ0) is 30.4. The Bertz CT molecular complexity index is 1490. The second kappa shape index (κ2) is 14.2. The van der Waals surface area contributed by atoms with Gasteiger partial charge in [0.1, 0.15) is 29.5 Å². The van der Waals surface area contributed by atoms with Gasteiger partial charge in [-0.3, -0.25) is 0 Å². The molecule has 8 heteroatoms. The molecule has 2 heterocycles. The Balaban J connectivity index is 0.000000972. The van der Waals surface area contributed by atoms with Gasteiger partial charge in [-0.2, -0.15) is 0 Å². The molecule has 2 fully saturated rings. The van der Waals surface area contributed by atoms with Crippen molar-refractivity contribution in [1.29, 1.82) is 0 Å². The summed E-state index contributed by atoms with van der Waals surface area (Å²) < 4.78 is 16.7. The molecular formula is C34H38Cl2N2O4. The van der Waals surface area contributed by atoms with Crippen LogP contribution in [0.4, 0.5) is 0 Å². The van der Waals surface area contributed by atoms with Crippen molar-refractivity contribution in [3.05, 3.63) is 98.5 Å². The minimum absolute atomic E-state index is 0.302. The minimum Gasteiger partial charge on any atom is -0.489 e. The predicted octanol–water partition coefficient (Wildman–Crippen LogP) is 9.92. The van der Waals surface area contributed by atoms with Gasteiger partial charge < -0.3 is 14.0 Å². The summed E-state index contributed by atoms with van der Waals surface area (Å²) in [5, 5.41) is 5.72. The van der Waals surface area contributed by atoms with Gasteiger partial charge in [0.2, 0.25) is 0 Å². The molecule has 2 saturated carbocycles. The number of carbonyl (C=O) groups excluding carboxylic acids is 1. The van der Waals surface area contributed by atoms with Crippen LogP contribution in [-0.2, 0) is 11.3 Å². The van der Waals surface area contributed by atoms with Crippen LogP contribution in [0.15, 0.2) is 59.3 Å². The van der Waals surface area contributed by atoms with E-state index < -0.39 is 5.97 Å². The van der Waals surface area contributed by atoms with Gasteiger partial charge in [-0.1, -0.05) is 80.3 Å². The fourth-order valence-electron chi connectivity index (χ4n) is 5.07. The van der Waals surface area contributed by atoms with Gasteiger partial charge in [0.15, 0.2) is 0 Å². The Labute approximate surface area is 258 Å². The second-order valence-corrected chi connectivity index (χ2v) is 10.8. The van der Waals surface area contributed by atoms with Crippen LogP contribution in [0.2, 0.25) is 10.0 Å². The third-order valence-corrected chi connectivity index (χ3v) is 8.02. The van der Waals surface area contributed by atoms with E-state index in [-0.39, 0.29) is 0 Å². The van der Waals surface area contributed by atoms with Crippen LogP contribution in [0.25, 0.3) is 11.3 Å². The lowest BCUT2D eigenvalue weighted by Gasteiger charge is -2.12. The highest BCUT2D eigenvalue weighted by Crippen LogP contribution is 2.56. The van der Waals surface area contributed by atoms with Gasteiger partial charge in [0, 0.05) is 22.7 Å². The Hall–Kier alpha value is -3.35. The zero-order valence-electron chi connectivity index (χ0n) is 25.0. The van der Waals surface area contributed by atoms with Crippen molar-refractivity contribution < 1.29 is 18.8 Å². The van der Waals surface area contributed by atoms with E-state index in [4.69, 9.17) is 37.2 Å². The number of nitrogens with zero attached hydrogens (tertiary/aromatic N) is 2. The number of halogens is 2. The number of hydrogen-bond donors (Lipinski definition) is 0. The van der Waals surface area contributed by atoms with Crippen molar-refractivity contribution in [3.63, 3.8) is 0 Å². The monoisotopic (exact) mass is 608 g/mol. The molecule has 222 valence electrons. The third-order valence-electron chi connectivity index (χ3n) is 7.38. The average molecular weight is 610 g/mol. The highest BCUT2D eigenvalue weighted by molar-refractivity contribution is 6.33. The van der Waals surface area contributed by atoms with Crippen LogP contribution in [0, 0.1) is 6.92 Å². The molecule has 0 amide bonds. The molecule has 2 aromatic carbocycles. The van der Waals surface area contributed by atoms with Crippen molar-refractivity contribution in [2.75, 3.05) is 7.11 Å². The van der Waals surface area contributed by atoms with Gasteiger partial charge in [-0.15, -0.1) is 0 Å². The van der Waals surface area contributed by atoms with Crippen LogP contribution in [0.3, 0.4) is 0 Å². The van der Waals surface area contributed by atoms with Crippen molar-refractivity contribution in [2.24, 2.45) is 0 Å². The molecule has 0 bridgehead atoms. The standard InChI is InChI=1S/C30H26Cl2N2O4.2C2H6/c1-16-4-3-5-24(31)27(16)28-23(29(38-34-28)17-6-7-17)15-37-19-9-10-20(25(32)12-19)22-13-21(22)18-8-11-26(33-14-18)30(35)36-2;2*1-2/h3-5,8-12,14,17,21-22H,6-7,13,15H2,1-2H3;2*1-2H3. The molecule has 0 saturated heterocycles. The van der Waals surface area contributed by atoms with Gasteiger partial charge in [-0.05, 0) is 79.0 Å². The van der Waals surface area contributed by atoms with Crippen LogP contribution >= 0.6 is 23.2 Å². The molecule has 6 rings (SSSR count). The summed E-state index contributed by atoms with van der Waals surface area (Å²) in [4.78, 5) is 15.9. The minimum atomic E-state index is -0.438. The number of ether oxygens (including phenoxy) is 2. The Morgan fingerprint density at radius 3 is 2.38 bits per heavy atom. The molecule has 0 aliphatic heterocycles. The zero-order valence-corrected chi connectivity index (χ0v) is 26.6. The normalized spacial score (nSPS) is 16.9. The van der Waals surface area contributed by atoms with E-state index in [0.29, 0.717) is 45.8 Å². The fraction of sp³-hybridized carbons (Fsp3) is 0.382. The maximum atomic E-state index is 11.6. The number of carbonyl (C=O) groups is 1. The molecule has 42 heavy (non-hydrogen) atoms. The van der Waals surface area contributed by atoms with E-state index in [1.807, 2.05) is 77.1 Å². The molecule has 2 aromatic heterocycles.